The van der Waals surface area contributed by atoms with Crippen molar-refractivity contribution in [1.29, 1.82) is 0 Å². The Bertz CT molecular complexity index is 1170. The highest BCUT2D eigenvalue weighted by atomic mass is 19.1. The molecule has 1 aliphatic heterocycles. The summed E-state index contributed by atoms with van der Waals surface area (Å²) >= 11 is 0. The molecule has 0 unspecified atom stereocenters. The Labute approximate surface area is 172 Å². The maximum atomic E-state index is 13.2. The summed E-state index contributed by atoms with van der Waals surface area (Å²) in [5, 5.41) is 6.13. The molecule has 1 atom stereocenters. The second kappa shape index (κ2) is 7.86. The van der Waals surface area contributed by atoms with Crippen molar-refractivity contribution in [3.05, 3.63) is 76.0 Å². The lowest BCUT2D eigenvalue weighted by atomic mass is 10.1. The van der Waals surface area contributed by atoms with Crippen LogP contribution in [0.15, 0.2) is 58.3 Å². The average molecular weight is 409 g/mol. The zero-order valence-corrected chi connectivity index (χ0v) is 16.6. The standard InChI is InChI=1S/C21H20FN5O3/c1-12-10-18(28)27-19(16-9-8-15(29-2)11-17(16)30-3)25-20(26-21(27)23-12)24-14-6-4-13(22)5-7-14/h4-11,19H,1-3H3,(H2,23,24,25,26)/t19-/m0/s1. The van der Waals surface area contributed by atoms with E-state index in [9.17, 15) is 9.18 Å². The van der Waals surface area contributed by atoms with Crippen LogP contribution in [0.4, 0.5) is 16.0 Å². The fourth-order valence-electron chi connectivity index (χ4n) is 3.22. The molecule has 0 amide bonds. The molecule has 2 N–H and O–H groups in total. The van der Waals surface area contributed by atoms with Crippen molar-refractivity contribution in [1.82, 2.24) is 9.55 Å². The highest BCUT2D eigenvalue weighted by molar-refractivity contribution is 6.03. The number of halogens is 1. The zero-order valence-electron chi connectivity index (χ0n) is 16.6. The van der Waals surface area contributed by atoms with E-state index < -0.39 is 6.17 Å². The lowest BCUT2D eigenvalue weighted by molar-refractivity contribution is 0.385. The number of hydrogen-bond acceptors (Lipinski definition) is 7. The molecule has 4 rings (SSSR count). The summed E-state index contributed by atoms with van der Waals surface area (Å²) < 4.78 is 25.5. The molecular formula is C21H20FN5O3. The minimum absolute atomic E-state index is 0.252. The summed E-state index contributed by atoms with van der Waals surface area (Å²) in [4.78, 5) is 21.9. The lowest BCUT2D eigenvalue weighted by Gasteiger charge is -2.28. The first kappa shape index (κ1) is 19.4. The minimum atomic E-state index is -0.731. The molecule has 8 nitrogen and oxygen atoms in total. The van der Waals surface area contributed by atoms with Crippen LogP contribution in [-0.4, -0.2) is 29.7 Å². The van der Waals surface area contributed by atoms with Gasteiger partial charge in [-0.05, 0) is 43.3 Å². The van der Waals surface area contributed by atoms with Crippen LogP contribution in [0.25, 0.3) is 0 Å². The highest BCUT2D eigenvalue weighted by Gasteiger charge is 2.27. The Morgan fingerprint density at radius 3 is 2.57 bits per heavy atom. The van der Waals surface area contributed by atoms with E-state index in [4.69, 9.17) is 9.47 Å². The summed E-state index contributed by atoms with van der Waals surface area (Å²) in [6.07, 6.45) is -0.731. The third-order valence-corrected chi connectivity index (χ3v) is 4.63. The van der Waals surface area contributed by atoms with Gasteiger partial charge in [0, 0.05) is 29.1 Å². The van der Waals surface area contributed by atoms with E-state index in [0.717, 1.165) is 0 Å². The number of fused-ring (bicyclic) bond motifs is 1. The van der Waals surface area contributed by atoms with Crippen LogP contribution in [0.3, 0.4) is 0 Å². The van der Waals surface area contributed by atoms with Gasteiger partial charge in [0.1, 0.15) is 17.3 Å². The summed E-state index contributed by atoms with van der Waals surface area (Å²) in [6.45, 7) is 1.74. The maximum absolute atomic E-state index is 13.2. The topological polar surface area (TPSA) is 89.8 Å². The SMILES string of the molecule is COc1ccc([C@H]2N=C(Nc3ccc(F)cc3)Nc3nc(C)cc(=O)n32)c(OC)c1. The van der Waals surface area contributed by atoms with Crippen LogP contribution < -0.4 is 25.7 Å². The quantitative estimate of drug-likeness (QED) is 0.688. The number of nitrogens with one attached hydrogen (secondary N) is 2. The Kier molecular flexibility index (Phi) is 5.09. The van der Waals surface area contributed by atoms with Gasteiger partial charge in [-0.1, -0.05) is 0 Å². The largest absolute Gasteiger partial charge is 0.497 e. The van der Waals surface area contributed by atoms with E-state index in [1.54, 1.807) is 44.4 Å². The van der Waals surface area contributed by atoms with Gasteiger partial charge in [0.05, 0.1) is 14.2 Å². The lowest BCUT2D eigenvalue weighted by Crippen LogP contribution is -2.37. The fraction of sp³-hybridized carbons (Fsp3) is 0.190. The summed E-state index contributed by atoms with van der Waals surface area (Å²) in [6, 6.07) is 12.6. The number of nitrogens with zero attached hydrogens (tertiary/aromatic N) is 3. The number of aromatic nitrogens is 2. The van der Waals surface area contributed by atoms with Crippen LogP contribution in [0.5, 0.6) is 11.5 Å². The van der Waals surface area contributed by atoms with Gasteiger partial charge < -0.3 is 14.8 Å². The molecule has 0 saturated heterocycles. The van der Waals surface area contributed by atoms with Gasteiger partial charge in [0.2, 0.25) is 11.9 Å². The predicted octanol–water partition coefficient (Wildman–Crippen LogP) is 3.15. The highest BCUT2D eigenvalue weighted by Crippen LogP contribution is 2.34. The number of methoxy groups -OCH3 is 2. The molecule has 154 valence electrons. The first-order valence-electron chi connectivity index (χ1n) is 9.18. The number of hydrogen-bond donors (Lipinski definition) is 2. The molecule has 0 fully saturated rings. The van der Waals surface area contributed by atoms with E-state index in [-0.39, 0.29) is 11.4 Å². The smallest absolute Gasteiger partial charge is 0.257 e. The van der Waals surface area contributed by atoms with E-state index in [2.05, 4.69) is 20.6 Å². The van der Waals surface area contributed by atoms with E-state index in [1.807, 2.05) is 0 Å². The second-order valence-corrected chi connectivity index (χ2v) is 6.65. The van der Waals surface area contributed by atoms with Gasteiger partial charge in [-0.25, -0.2) is 14.4 Å². The third kappa shape index (κ3) is 3.69. The average Bonchev–Trinajstić information content (AvgIpc) is 2.74. The first-order chi connectivity index (χ1) is 14.5. The van der Waals surface area contributed by atoms with E-state index in [0.29, 0.717) is 40.4 Å². The number of aryl methyl sites for hydroxylation is 1. The Morgan fingerprint density at radius 1 is 1.10 bits per heavy atom. The first-order valence-corrected chi connectivity index (χ1v) is 9.18. The zero-order chi connectivity index (χ0) is 21.3. The normalized spacial score (nSPS) is 14.9. The Morgan fingerprint density at radius 2 is 1.87 bits per heavy atom. The van der Waals surface area contributed by atoms with Crippen molar-refractivity contribution < 1.29 is 13.9 Å². The van der Waals surface area contributed by atoms with Crippen molar-refractivity contribution in [2.24, 2.45) is 4.99 Å². The molecule has 2 heterocycles. The maximum Gasteiger partial charge on any atom is 0.257 e. The third-order valence-electron chi connectivity index (χ3n) is 4.63. The number of benzene rings is 2. The van der Waals surface area contributed by atoms with E-state index >= 15 is 0 Å². The van der Waals surface area contributed by atoms with Crippen molar-refractivity contribution in [3.63, 3.8) is 0 Å². The molecule has 0 radical (unpaired) electrons. The molecule has 0 aliphatic carbocycles. The van der Waals surface area contributed by atoms with Crippen LogP contribution >= 0.6 is 0 Å². The molecular weight excluding hydrogens is 389 g/mol. The van der Waals surface area contributed by atoms with Gasteiger partial charge in [0.25, 0.3) is 5.56 Å². The predicted molar refractivity (Wildman–Crippen MR) is 112 cm³/mol. The number of ether oxygens (including phenoxy) is 2. The molecule has 30 heavy (non-hydrogen) atoms. The molecule has 3 aromatic rings. The van der Waals surface area contributed by atoms with Crippen molar-refractivity contribution in [2.45, 2.75) is 13.1 Å². The summed E-state index contributed by atoms with van der Waals surface area (Å²) in [5.74, 6) is 1.50. The monoisotopic (exact) mass is 409 g/mol. The summed E-state index contributed by atoms with van der Waals surface area (Å²) in [5.41, 5.74) is 1.61. The number of guanidine groups is 1. The molecule has 0 spiro atoms. The molecule has 2 aromatic carbocycles. The fourth-order valence-corrected chi connectivity index (χ4v) is 3.22. The molecule has 1 aliphatic rings. The van der Waals surface area contributed by atoms with Crippen molar-refractivity contribution >= 4 is 17.6 Å². The molecule has 0 saturated carbocycles. The van der Waals surface area contributed by atoms with Crippen LogP contribution in [0.1, 0.15) is 17.4 Å². The minimum Gasteiger partial charge on any atom is -0.497 e. The Balaban J connectivity index is 1.83. The van der Waals surface area contributed by atoms with Gasteiger partial charge in [-0.15, -0.1) is 0 Å². The van der Waals surface area contributed by atoms with Gasteiger partial charge in [-0.2, -0.15) is 0 Å². The molecule has 9 heteroatoms. The second-order valence-electron chi connectivity index (χ2n) is 6.65. The van der Waals surface area contributed by atoms with Gasteiger partial charge in [-0.3, -0.25) is 14.7 Å². The number of rotatable bonds is 4. The van der Waals surface area contributed by atoms with Gasteiger partial charge >= 0.3 is 0 Å². The summed E-state index contributed by atoms with van der Waals surface area (Å²) in [7, 11) is 3.10. The molecule has 1 aromatic heterocycles. The van der Waals surface area contributed by atoms with Crippen LogP contribution in [0.2, 0.25) is 0 Å². The van der Waals surface area contributed by atoms with Gasteiger partial charge in [0.15, 0.2) is 6.17 Å². The van der Waals surface area contributed by atoms with E-state index in [1.165, 1.54) is 29.9 Å². The van der Waals surface area contributed by atoms with Crippen LogP contribution in [0, 0.1) is 12.7 Å². The Hall–Kier alpha value is -3.88. The van der Waals surface area contributed by atoms with Crippen molar-refractivity contribution in [2.75, 3.05) is 24.9 Å². The molecule has 0 bridgehead atoms. The number of anilines is 2. The van der Waals surface area contributed by atoms with Crippen molar-refractivity contribution in [3.8, 4) is 11.5 Å². The number of aliphatic imine (C=N–C) groups is 1. The van der Waals surface area contributed by atoms with Crippen LogP contribution in [-0.2, 0) is 0 Å².